The number of hydrogen-bond acceptors (Lipinski definition) is 3. The largest absolute Gasteiger partial charge is 0.418 e. The fourth-order valence-electron chi connectivity index (χ4n) is 2.51. The predicted octanol–water partition coefficient (Wildman–Crippen LogP) is 3.07. The molecule has 0 aromatic heterocycles. The van der Waals surface area contributed by atoms with E-state index >= 15 is 0 Å². The fraction of sp³-hybridized carbons (Fsp3) is 0.500. The van der Waals surface area contributed by atoms with Gasteiger partial charge in [0.25, 0.3) is 0 Å². The highest BCUT2D eigenvalue weighted by molar-refractivity contribution is 5.77. The topological polar surface area (TPSA) is 53.3 Å². The number of hydrogen-bond donors (Lipinski definition) is 0. The molecule has 1 aliphatic heterocycles. The molecule has 1 aromatic rings. The molecule has 1 aromatic carbocycles. The molecule has 0 saturated carbocycles. The van der Waals surface area contributed by atoms with Crippen molar-refractivity contribution in [1.82, 2.24) is 4.90 Å². The van der Waals surface area contributed by atoms with Gasteiger partial charge in [0.2, 0.25) is 5.91 Å². The normalized spacial score (nSPS) is 17.6. The van der Waals surface area contributed by atoms with Crippen LogP contribution in [0.5, 0.6) is 0 Å². The number of piperidine rings is 1. The smallest absolute Gasteiger partial charge is 0.354 e. The average molecular weight is 326 g/mol. The monoisotopic (exact) mass is 326 g/mol. The van der Waals surface area contributed by atoms with Gasteiger partial charge in [-0.3, -0.25) is 4.79 Å². The highest BCUT2D eigenvalue weighted by atomic mass is 19.4. The molecule has 1 heterocycles. The highest BCUT2D eigenvalue weighted by Crippen LogP contribution is 2.35. The third-order valence-electron chi connectivity index (χ3n) is 3.80. The van der Waals surface area contributed by atoms with Crippen LogP contribution in [0.15, 0.2) is 30.3 Å². The van der Waals surface area contributed by atoms with E-state index in [0.29, 0.717) is 25.9 Å². The lowest BCUT2D eigenvalue weighted by Gasteiger charge is -2.30. The molecule has 0 bridgehead atoms. The zero-order chi connectivity index (χ0) is 16.9. The second kappa shape index (κ2) is 7.47. The van der Waals surface area contributed by atoms with Crippen molar-refractivity contribution in [3.8, 4) is 6.07 Å². The Morgan fingerprint density at radius 1 is 1.30 bits per heavy atom. The van der Waals surface area contributed by atoms with Crippen LogP contribution >= 0.6 is 0 Å². The highest BCUT2D eigenvalue weighted by Gasteiger charge is 2.42. The summed E-state index contributed by atoms with van der Waals surface area (Å²) in [5, 5.41) is 8.80. The maximum absolute atomic E-state index is 13.1. The number of carbonyl (C=O) groups is 1. The first-order valence-corrected chi connectivity index (χ1v) is 7.32. The Morgan fingerprint density at radius 2 is 1.91 bits per heavy atom. The van der Waals surface area contributed by atoms with Gasteiger partial charge >= 0.3 is 6.18 Å². The van der Waals surface area contributed by atoms with Crippen LogP contribution in [0.25, 0.3) is 0 Å². The first kappa shape index (κ1) is 17.3. The molecule has 0 radical (unpaired) electrons. The van der Waals surface area contributed by atoms with Gasteiger partial charge in [-0.25, -0.2) is 0 Å². The summed E-state index contributed by atoms with van der Waals surface area (Å²) in [6.07, 6.45) is -5.62. The minimum absolute atomic E-state index is 0.0315. The number of alkyl halides is 3. The lowest BCUT2D eigenvalue weighted by molar-refractivity contribution is -0.224. The number of amides is 1. The lowest BCUT2D eigenvalue weighted by atomic mass is 9.99. The molecular formula is C16H17F3N2O2. The second-order valence-corrected chi connectivity index (χ2v) is 5.43. The number of halogens is 3. The number of nitrogens with zero attached hydrogens (tertiary/aromatic N) is 2. The number of rotatable bonds is 4. The summed E-state index contributed by atoms with van der Waals surface area (Å²) in [5.74, 6) is -0.571. The Morgan fingerprint density at radius 3 is 2.43 bits per heavy atom. The van der Waals surface area contributed by atoms with Crippen molar-refractivity contribution in [2.24, 2.45) is 5.92 Å². The number of ether oxygens (including phenoxy) is 1. The average Bonchev–Trinajstić information content (AvgIpc) is 2.54. The van der Waals surface area contributed by atoms with Crippen LogP contribution in [0.3, 0.4) is 0 Å². The van der Waals surface area contributed by atoms with Gasteiger partial charge in [-0.1, -0.05) is 30.3 Å². The molecule has 7 heteroatoms. The number of benzene rings is 1. The summed E-state index contributed by atoms with van der Waals surface area (Å²) in [6, 6.07) is 9.37. The van der Waals surface area contributed by atoms with Gasteiger partial charge < -0.3 is 9.64 Å². The van der Waals surface area contributed by atoms with Gasteiger partial charge in [0.15, 0.2) is 6.10 Å². The van der Waals surface area contributed by atoms with Gasteiger partial charge in [-0.2, -0.15) is 18.4 Å². The van der Waals surface area contributed by atoms with Gasteiger partial charge in [-0.15, -0.1) is 0 Å². The molecule has 0 spiro atoms. The predicted molar refractivity (Wildman–Crippen MR) is 76.1 cm³/mol. The van der Waals surface area contributed by atoms with Crippen LogP contribution in [0.4, 0.5) is 13.2 Å². The fourth-order valence-corrected chi connectivity index (χ4v) is 2.51. The standard InChI is InChI=1S/C16H17F3N2O2/c17-16(18,19)15(13-4-2-1-3-5-13)23-11-14(22)21-8-6-12(10-20)7-9-21/h1-5,12,15H,6-9,11H2. The van der Waals surface area contributed by atoms with Crippen molar-refractivity contribution in [2.45, 2.75) is 25.1 Å². The molecular weight excluding hydrogens is 309 g/mol. The minimum Gasteiger partial charge on any atom is -0.354 e. The van der Waals surface area contributed by atoms with Crippen molar-refractivity contribution >= 4 is 5.91 Å². The van der Waals surface area contributed by atoms with Crippen molar-refractivity contribution < 1.29 is 22.7 Å². The van der Waals surface area contributed by atoms with E-state index < -0.39 is 24.8 Å². The molecule has 1 unspecified atom stereocenters. The summed E-state index contributed by atoms with van der Waals surface area (Å²) >= 11 is 0. The molecule has 1 aliphatic rings. The van der Waals surface area contributed by atoms with Crippen LogP contribution in [-0.2, 0) is 9.53 Å². The maximum Gasteiger partial charge on any atom is 0.418 e. The third-order valence-corrected chi connectivity index (χ3v) is 3.80. The Bertz CT molecular complexity index is 561. The molecule has 2 rings (SSSR count). The summed E-state index contributed by atoms with van der Waals surface area (Å²) in [4.78, 5) is 13.5. The molecule has 1 fully saturated rings. The molecule has 23 heavy (non-hydrogen) atoms. The van der Waals surface area contributed by atoms with E-state index in [4.69, 9.17) is 10.00 Å². The zero-order valence-electron chi connectivity index (χ0n) is 12.4. The van der Waals surface area contributed by atoms with Crippen molar-refractivity contribution in [3.05, 3.63) is 35.9 Å². The van der Waals surface area contributed by atoms with Crippen molar-refractivity contribution in [3.63, 3.8) is 0 Å². The first-order chi connectivity index (χ1) is 10.9. The Labute approximate surface area is 132 Å². The van der Waals surface area contributed by atoms with Crippen molar-refractivity contribution in [2.75, 3.05) is 19.7 Å². The summed E-state index contributed by atoms with van der Waals surface area (Å²) in [7, 11) is 0. The first-order valence-electron chi connectivity index (χ1n) is 7.32. The van der Waals surface area contributed by atoms with Crippen molar-refractivity contribution in [1.29, 1.82) is 5.26 Å². The number of carbonyl (C=O) groups excluding carboxylic acids is 1. The van der Waals surface area contributed by atoms with Gasteiger partial charge in [-0.05, 0) is 18.4 Å². The van der Waals surface area contributed by atoms with E-state index in [1.54, 1.807) is 6.07 Å². The lowest BCUT2D eigenvalue weighted by Crippen LogP contribution is -2.41. The third kappa shape index (κ3) is 4.70. The van der Waals surface area contributed by atoms with E-state index in [9.17, 15) is 18.0 Å². The molecule has 124 valence electrons. The maximum atomic E-state index is 13.1. The van der Waals surface area contributed by atoms with Gasteiger partial charge in [0.1, 0.15) is 6.61 Å². The van der Waals surface area contributed by atoms with Gasteiger partial charge in [0, 0.05) is 19.0 Å². The van der Waals surface area contributed by atoms with Crippen LogP contribution in [-0.4, -0.2) is 36.7 Å². The van der Waals surface area contributed by atoms with Crippen LogP contribution in [0, 0.1) is 17.2 Å². The van der Waals surface area contributed by atoms with E-state index in [1.807, 2.05) is 0 Å². The Kier molecular flexibility index (Phi) is 5.61. The number of likely N-dealkylation sites (tertiary alicyclic amines) is 1. The van der Waals surface area contributed by atoms with Crippen LogP contribution in [0.2, 0.25) is 0 Å². The molecule has 1 saturated heterocycles. The van der Waals surface area contributed by atoms with Crippen LogP contribution < -0.4 is 0 Å². The van der Waals surface area contributed by atoms with E-state index in [-0.39, 0.29) is 11.5 Å². The van der Waals surface area contributed by atoms with Gasteiger partial charge in [0.05, 0.1) is 6.07 Å². The number of nitriles is 1. The SMILES string of the molecule is N#CC1CCN(C(=O)COC(c2ccccc2)C(F)(F)F)CC1. The van der Waals surface area contributed by atoms with E-state index in [0.717, 1.165) is 0 Å². The quantitative estimate of drug-likeness (QED) is 0.854. The molecule has 0 N–H and O–H groups in total. The van der Waals surface area contributed by atoms with Crippen LogP contribution in [0.1, 0.15) is 24.5 Å². The second-order valence-electron chi connectivity index (χ2n) is 5.43. The molecule has 1 atom stereocenters. The van der Waals surface area contributed by atoms with E-state index in [1.165, 1.54) is 29.2 Å². The Balaban J connectivity index is 1.94. The van der Waals surface area contributed by atoms with E-state index in [2.05, 4.69) is 6.07 Å². The zero-order valence-corrected chi connectivity index (χ0v) is 12.4. The molecule has 0 aliphatic carbocycles. The Hall–Kier alpha value is -2.07. The molecule has 1 amide bonds. The summed E-state index contributed by atoms with van der Waals surface area (Å²) in [6.45, 7) is 0.126. The summed E-state index contributed by atoms with van der Waals surface area (Å²) < 4.78 is 44.2. The minimum atomic E-state index is -4.59. The molecule has 4 nitrogen and oxygen atoms in total. The summed E-state index contributed by atoms with van der Waals surface area (Å²) in [5.41, 5.74) is -0.0315.